The number of aromatic nitrogens is 2. The second kappa shape index (κ2) is 11.4. The van der Waals surface area contributed by atoms with Crippen molar-refractivity contribution in [3.63, 3.8) is 0 Å². The first-order chi connectivity index (χ1) is 14.0. The van der Waals surface area contributed by atoms with E-state index in [0.717, 1.165) is 42.9 Å². The molecule has 0 saturated heterocycles. The molecule has 0 aliphatic heterocycles. The summed E-state index contributed by atoms with van der Waals surface area (Å²) >= 11 is 1.29. The van der Waals surface area contributed by atoms with Crippen LogP contribution in [-0.4, -0.2) is 33.9 Å². The number of hydrogen-bond donors (Lipinski definition) is 0. The minimum atomic E-state index is 0. The highest BCUT2D eigenvalue weighted by Crippen LogP contribution is 2.31. The van der Waals surface area contributed by atoms with E-state index in [-0.39, 0.29) is 12.4 Å². The van der Waals surface area contributed by atoms with Gasteiger partial charge < -0.3 is 9.64 Å². The molecule has 0 amide bonds. The van der Waals surface area contributed by atoms with Gasteiger partial charge >= 0.3 is 0 Å². The van der Waals surface area contributed by atoms with Crippen molar-refractivity contribution in [3.8, 4) is 22.3 Å². The summed E-state index contributed by atoms with van der Waals surface area (Å²) < 4.78 is 10.5. The molecular formula is C24H32ClN3OS. The van der Waals surface area contributed by atoms with Crippen molar-refractivity contribution in [1.29, 1.82) is 0 Å². The van der Waals surface area contributed by atoms with Crippen molar-refractivity contribution in [3.05, 3.63) is 58.7 Å². The molecule has 1 aromatic heterocycles. The smallest absolute Gasteiger partial charge is 0.299 e. The maximum atomic E-state index is 6.09. The fraction of sp³-hybridized carbons (Fsp3) is 0.417. The molecule has 4 nitrogen and oxygen atoms in total. The number of halogens is 1. The van der Waals surface area contributed by atoms with Gasteiger partial charge in [-0.05, 0) is 69.5 Å². The van der Waals surface area contributed by atoms with E-state index in [9.17, 15) is 0 Å². The maximum absolute atomic E-state index is 6.09. The fourth-order valence-electron chi connectivity index (χ4n) is 3.42. The van der Waals surface area contributed by atoms with Gasteiger partial charge in [-0.2, -0.15) is 9.36 Å². The van der Waals surface area contributed by atoms with Crippen LogP contribution < -0.4 is 4.74 Å². The second-order valence-electron chi connectivity index (χ2n) is 7.58. The van der Waals surface area contributed by atoms with E-state index in [1.165, 1.54) is 34.6 Å². The normalized spacial score (nSPS) is 10.9. The molecule has 0 bridgehead atoms. The summed E-state index contributed by atoms with van der Waals surface area (Å²) in [6.07, 6.45) is 2.27. The van der Waals surface area contributed by atoms with Crippen LogP contribution in [0.5, 0.6) is 10.9 Å². The van der Waals surface area contributed by atoms with Crippen LogP contribution in [0.2, 0.25) is 0 Å². The summed E-state index contributed by atoms with van der Waals surface area (Å²) in [5, 5.41) is 0.580. The van der Waals surface area contributed by atoms with Crippen LogP contribution in [0, 0.1) is 20.8 Å². The number of ether oxygens (including phenoxy) is 1. The van der Waals surface area contributed by atoms with E-state index < -0.39 is 0 Å². The maximum Gasteiger partial charge on any atom is 0.299 e. The van der Waals surface area contributed by atoms with Gasteiger partial charge in [0.15, 0.2) is 5.82 Å². The third kappa shape index (κ3) is 6.27. The molecular weight excluding hydrogens is 414 g/mol. The lowest BCUT2D eigenvalue weighted by Gasteiger charge is -2.20. The molecule has 162 valence electrons. The molecule has 6 heteroatoms. The topological polar surface area (TPSA) is 38.2 Å². The average Bonchev–Trinajstić information content (AvgIpc) is 3.17. The molecule has 0 saturated carbocycles. The van der Waals surface area contributed by atoms with Gasteiger partial charge in [0.25, 0.3) is 5.19 Å². The van der Waals surface area contributed by atoms with E-state index in [1.807, 2.05) is 12.1 Å². The zero-order chi connectivity index (χ0) is 20.8. The Morgan fingerprint density at radius 2 is 1.70 bits per heavy atom. The van der Waals surface area contributed by atoms with E-state index >= 15 is 0 Å². The summed E-state index contributed by atoms with van der Waals surface area (Å²) in [7, 11) is 0. The Balaban J connectivity index is 0.00000320. The van der Waals surface area contributed by atoms with Crippen LogP contribution in [0.4, 0.5) is 0 Å². The lowest BCUT2D eigenvalue weighted by atomic mass is 10.0. The largest absolute Gasteiger partial charge is 0.430 e. The van der Waals surface area contributed by atoms with Crippen molar-refractivity contribution < 1.29 is 4.74 Å². The number of aryl methyl sites for hydroxylation is 3. The summed E-state index contributed by atoms with van der Waals surface area (Å²) in [6.45, 7) is 14.2. The Hall–Kier alpha value is -1.95. The molecule has 0 spiro atoms. The molecule has 30 heavy (non-hydrogen) atoms. The van der Waals surface area contributed by atoms with Gasteiger partial charge in [0, 0.05) is 23.6 Å². The van der Waals surface area contributed by atoms with Crippen molar-refractivity contribution in [2.45, 2.75) is 47.5 Å². The lowest BCUT2D eigenvalue weighted by Crippen LogP contribution is -2.26. The minimum absolute atomic E-state index is 0. The first-order valence-corrected chi connectivity index (χ1v) is 11.2. The molecule has 0 atom stereocenters. The quantitative estimate of drug-likeness (QED) is 0.371. The molecule has 0 aliphatic rings. The summed E-state index contributed by atoms with van der Waals surface area (Å²) in [5.74, 6) is 1.57. The molecule has 0 fully saturated rings. The van der Waals surface area contributed by atoms with Crippen molar-refractivity contribution >= 4 is 23.9 Å². The molecule has 3 rings (SSSR count). The highest BCUT2D eigenvalue weighted by Gasteiger charge is 2.12. The van der Waals surface area contributed by atoms with Crippen LogP contribution in [0.1, 0.15) is 42.5 Å². The number of nitrogens with zero attached hydrogens (tertiary/aromatic N) is 3. The third-order valence-corrected chi connectivity index (χ3v) is 5.83. The lowest BCUT2D eigenvalue weighted by molar-refractivity contribution is 0.292. The number of hydrogen-bond acceptors (Lipinski definition) is 5. The minimum Gasteiger partial charge on any atom is -0.430 e. The Morgan fingerprint density at radius 1 is 0.967 bits per heavy atom. The van der Waals surface area contributed by atoms with Crippen LogP contribution in [0.25, 0.3) is 11.4 Å². The van der Waals surface area contributed by atoms with Gasteiger partial charge in [0.1, 0.15) is 5.75 Å². The van der Waals surface area contributed by atoms with E-state index in [1.54, 1.807) is 0 Å². The Kier molecular flexibility index (Phi) is 9.28. The first kappa shape index (κ1) is 24.3. The van der Waals surface area contributed by atoms with Gasteiger partial charge in [-0.15, -0.1) is 12.4 Å². The zero-order valence-corrected chi connectivity index (χ0v) is 20.2. The first-order valence-electron chi connectivity index (χ1n) is 10.4. The van der Waals surface area contributed by atoms with E-state index in [4.69, 9.17) is 4.74 Å². The predicted octanol–water partition coefficient (Wildman–Crippen LogP) is 6.62. The van der Waals surface area contributed by atoms with Gasteiger partial charge in [-0.1, -0.05) is 49.7 Å². The van der Waals surface area contributed by atoms with Gasteiger partial charge in [-0.3, -0.25) is 0 Å². The average molecular weight is 446 g/mol. The Morgan fingerprint density at radius 3 is 2.37 bits per heavy atom. The number of rotatable bonds is 9. The van der Waals surface area contributed by atoms with Gasteiger partial charge in [0.2, 0.25) is 0 Å². The molecule has 2 aromatic carbocycles. The van der Waals surface area contributed by atoms with Gasteiger partial charge in [-0.25, -0.2) is 0 Å². The molecule has 0 N–H and O–H groups in total. The van der Waals surface area contributed by atoms with Crippen molar-refractivity contribution in [2.24, 2.45) is 0 Å². The fourth-order valence-corrected chi connectivity index (χ4v) is 3.98. The molecule has 0 radical (unpaired) electrons. The monoisotopic (exact) mass is 445 g/mol. The third-order valence-electron chi connectivity index (χ3n) is 5.23. The highest BCUT2D eigenvalue weighted by atomic mass is 35.5. The zero-order valence-electron chi connectivity index (χ0n) is 18.6. The van der Waals surface area contributed by atoms with E-state index in [2.05, 4.69) is 73.1 Å². The van der Waals surface area contributed by atoms with Crippen LogP contribution >= 0.6 is 23.9 Å². The Bertz CT molecular complexity index is 940. The summed E-state index contributed by atoms with van der Waals surface area (Å²) in [5.41, 5.74) is 6.03. The molecule has 1 heterocycles. The standard InChI is InChI=1S/C24H31N3OS.ClH/c1-6-13-27(7-2)14-12-21-15-19(5)22(16-18(21)4)28-24-25-23(26-29-24)20-10-8-17(3)9-11-20;/h8-11,15-16H,6-7,12-14H2,1-5H3;1H. The Labute approximate surface area is 190 Å². The molecule has 3 aromatic rings. The second-order valence-corrected chi connectivity index (χ2v) is 8.29. The molecule has 0 aliphatic carbocycles. The number of benzene rings is 2. The van der Waals surface area contributed by atoms with Crippen molar-refractivity contribution in [1.82, 2.24) is 14.3 Å². The van der Waals surface area contributed by atoms with E-state index in [0.29, 0.717) is 11.0 Å². The number of likely N-dealkylation sites (N-methyl/N-ethyl adjacent to an activating group) is 1. The van der Waals surface area contributed by atoms with Crippen molar-refractivity contribution in [2.75, 3.05) is 19.6 Å². The SMILES string of the molecule is CCCN(CC)CCc1cc(C)c(Oc2nc(-c3ccc(C)cc3)ns2)cc1C.Cl. The van der Waals surface area contributed by atoms with Crippen LogP contribution in [0.3, 0.4) is 0 Å². The van der Waals surface area contributed by atoms with Gasteiger partial charge in [0.05, 0.1) is 0 Å². The summed E-state index contributed by atoms with van der Waals surface area (Å²) in [4.78, 5) is 7.08. The van der Waals surface area contributed by atoms with Crippen LogP contribution in [-0.2, 0) is 6.42 Å². The highest BCUT2D eigenvalue weighted by molar-refractivity contribution is 7.07. The predicted molar refractivity (Wildman–Crippen MR) is 129 cm³/mol. The molecule has 0 unspecified atom stereocenters. The summed E-state index contributed by atoms with van der Waals surface area (Å²) in [6, 6.07) is 12.6. The van der Waals surface area contributed by atoms with Crippen LogP contribution in [0.15, 0.2) is 36.4 Å².